The first-order valence-corrected chi connectivity index (χ1v) is 7.60. The van der Waals surface area contributed by atoms with Crippen LogP contribution in [0.1, 0.15) is 71.1 Å². The molecule has 4 nitrogen and oxygen atoms in total. The fraction of sp³-hybridized carbons (Fsp3) is 0.867. The molecule has 0 aromatic heterocycles. The number of carboxylic acid groups (broad SMARTS) is 1. The van der Waals surface area contributed by atoms with Crippen molar-refractivity contribution >= 4 is 11.9 Å². The van der Waals surface area contributed by atoms with E-state index >= 15 is 0 Å². The predicted molar refractivity (Wildman–Crippen MR) is 74.9 cm³/mol. The highest BCUT2D eigenvalue weighted by molar-refractivity contribution is 5.76. The molecule has 0 radical (unpaired) electrons. The molecule has 0 aromatic carbocycles. The summed E-state index contributed by atoms with van der Waals surface area (Å²) in [5.41, 5.74) is 0. The Morgan fingerprint density at radius 2 is 1.68 bits per heavy atom. The highest BCUT2D eigenvalue weighted by Gasteiger charge is 2.20. The van der Waals surface area contributed by atoms with Crippen LogP contribution in [-0.4, -0.2) is 23.0 Å². The van der Waals surface area contributed by atoms with E-state index in [1.165, 1.54) is 38.5 Å². The highest BCUT2D eigenvalue weighted by Crippen LogP contribution is 2.25. The van der Waals surface area contributed by atoms with Crippen LogP contribution in [0.15, 0.2) is 0 Å². The molecule has 1 fully saturated rings. The number of carbonyl (C=O) groups is 2. The van der Waals surface area contributed by atoms with E-state index in [9.17, 15) is 9.59 Å². The molecule has 1 rings (SSSR count). The molecule has 2 N–H and O–H groups in total. The van der Waals surface area contributed by atoms with Gasteiger partial charge in [0, 0.05) is 18.9 Å². The van der Waals surface area contributed by atoms with Crippen LogP contribution in [0.25, 0.3) is 0 Å². The summed E-state index contributed by atoms with van der Waals surface area (Å²) in [6.45, 7) is 2.10. The molecule has 0 aromatic rings. The summed E-state index contributed by atoms with van der Waals surface area (Å²) in [5, 5.41) is 11.6. The Morgan fingerprint density at radius 1 is 1.11 bits per heavy atom. The zero-order valence-electron chi connectivity index (χ0n) is 12.0. The molecule has 0 saturated heterocycles. The number of rotatable bonds is 7. The quantitative estimate of drug-likeness (QED) is 0.551. The van der Waals surface area contributed by atoms with Gasteiger partial charge in [0.15, 0.2) is 0 Å². The van der Waals surface area contributed by atoms with Crippen molar-refractivity contribution in [3.8, 4) is 0 Å². The zero-order valence-corrected chi connectivity index (χ0v) is 12.0. The summed E-state index contributed by atoms with van der Waals surface area (Å²) in [6, 6.07) is 0.255. The number of unbranched alkanes of at least 4 members (excludes halogenated alkanes) is 1. The van der Waals surface area contributed by atoms with E-state index in [0.717, 1.165) is 0 Å². The van der Waals surface area contributed by atoms with Gasteiger partial charge >= 0.3 is 5.97 Å². The van der Waals surface area contributed by atoms with Crippen molar-refractivity contribution in [3.05, 3.63) is 0 Å². The van der Waals surface area contributed by atoms with E-state index < -0.39 is 5.97 Å². The minimum absolute atomic E-state index is 0.0714. The lowest BCUT2D eigenvalue weighted by Crippen LogP contribution is -2.37. The van der Waals surface area contributed by atoms with Crippen molar-refractivity contribution in [2.45, 2.75) is 77.2 Å². The first-order valence-electron chi connectivity index (χ1n) is 7.60. The third kappa shape index (κ3) is 7.19. The molecule has 0 unspecified atom stereocenters. The summed E-state index contributed by atoms with van der Waals surface area (Å²) in [6.07, 6.45) is 9.51. The van der Waals surface area contributed by atoms with E-state index in [4.69, 9.17) is 5.11 Å². The van der Waals surface area contributed by atoms with Gasteiger partial charge < -0.3 is 10.4 Å². The fourth-order valence-electron chi connectivity index (χ4n) is 2.82. The number of hydrogen-bond donors (Lipinski definition) is 2. The van der Waals surface area contributed by atoms with Gasteiger partial charge in [-0.2, -0.15) is 0 Å². The summed E-state index contributed by atoms with van der Waals surface area (Å²) in [7, 11) is 0. The molecule has 1 amide bonds. The zero-order chi connectivity index (χ0) is 14.1. The molecule has 1 atom stereocenters. The Kier molecular flexibility index (Phi) is 7.53. The van der Waals surface area contributed by atoms with Gasteiger partial charge in [-0.3, -0.25) is 9.59 Å². The average molecular weight is 269 g/mol. The van der Waals surface area contributed by atoms with Gasteiger partial charge in [0.1, 0.15) is 0 Å². The molecule has 110 valence electrons. The Bertz CT molecular complexity index is 283. The molecule has 0 aliphatic heterocycles. The Labute approximate surface area is 116 Å². The van der Waals surface area contributed by atoms with Crippen molar-refractivity contribution in [2.24, 2.45) is 5.92 Å². The van der Waals surface area contributed by atoms with Crippen molar-refractivity contribution in [2.75, 3.05) is 0 Å². The van der Waals surface area contributed by atoms with Gasteiger partial charge in [-0.25, -0.2) is 0 Å². The number of nitrogens with one attached hydrogen (secondary N) is 1. The van der Waals surface area contributed by atoms with Crippen molar-refractivity contribution in [1.29, 1.82) is 0 Å². The first kappa shape index (κ1) is 16.0. The maximum Gasteiger partial charge on any atom is 0.303 e. The van der Waals surface area contributed by atoms with Crippen LogP contribution >= 0.6 is 0 Å². The average Bonchev–Trinajstić information content (AvgIpc) is 2.63. The summed E-state index contributed by atoms with van der Waals surface area (Å²) in [4.78, 5) is 22.1. The van der Waals surface area contributed by atoms with Crippen LogP contribution in [-0.2, 0) is 9.59 Å². The molecule has 19 heavy (non-hydrogen) atoms. The number of amides is 1. The van der Waals surface area contributed by atoms with Gasteiger partial charge in [-0.15, -0.1) is 0 Å². The minimum atomic E-state index is -0.785. The highest BCUT2D eigenvalue weighted by atomic mass is 16.4. The SMILES string of the molecule is C[C@H](NC(=O)CCCCC(=O)O)C1CCCCCC1. The second kappa shape index (κ2) is 8.94. The third-order valence-corrected chi connectivity index (χ3v) is 4.04. The molecule has 0 heterocycles. The Morgan fingerprint density at radius 3 is 2.26 bits per heavy atom. The monoisotopic (exact) mass is 269 g/mol. The molecule has 1 aliphatic carbocycles. The van der Waals surface area contributed by atoms with E-state index in [1.807, 2.05) is 0 Å². The molecule has 0 bridgehead atoms. The van der Waals surface area contributed by atoms with Crippen LogP contribution in [0.5, 0.6) is 0 Å². The first-order chi connectivity index (χ1) is 9.09. The number of carboxylic acids is 1. The van der Waals surface area contributed by atoms with Crippen LogP contribution in [0.3, 0.4) is 0 Å². The van der Waals surface area contributed by atoms with E-state index in [2.05, 4.69) is 12.2 Å². The third-order valence-electron chi connectivity index (χ3n) is 4.04. The van der Waals surface area contributed by atoms with E-state index in [-0.39, 0.29) is 18.4 Å². The smallest absolute Gasteiger partial charge is 0.303 e. The maximum atomic E-state index is 11.8. The van der Waals surface area contributed by atoms with Gasteiger partial charge in [0.05, 0.1) is 0 Å². The minimum Gasteiger partial charge on any atom is -0.481 e. The summed E-state index contributed by atoms with van der Waals surface area (Å²) < 4.78 is 0. The lowest BCUT2D eigenvalue weighted by molar-refractivity contribution is -0.137. The normalized spacial score (nSPS) is 18.6. The van der Waals surface area contributed by atoms with Gasteiger partial charge in [-0.05, 0) is 38.5 Å². The lowest BCUT2D eigenvalue weighted by Gasteiger charge is -2.23. The Balaban J connectivity index is 2.17. The number of carbonyl (C=O) groups excluding carboxylic acids is 1. The number of hydrogen-bond acceptors (Lipinski definition) is 2. The van der Waals surface area contributed by atoms with Gasteiger partial charge in [-0.1, -0.05) is 25.7 Å². The van der Waals surface area contributed by atoms with E-state index in [1.54, 1.807) is 0 Å². The van der Waals surface area contributed by atoms with Gasteiger partial charge in [0.25, 0.3) is 0 Å². The standard InChI is InChI=1S/C15H27NO3/c1-12(13-8-4-2-3-5-9-13)16-14(17)10-6-7-11-15(18)19/h12-13H,2-11H2,1H3,(H,16,17)(H,18,19)/t12-/m0/s1. The Hall–Kier alpha value is -1.06. The molecule has 4 heteroatoms. The van der Waals surface area contributed by atoms with Crippen LogP contribution in [0, 0.1) is 5.92 Å². The van der Waals surface area contributed by atoms with Crippen LogP contribution < -0.4 is 5.32 Å². The largest absolute Gasteiger partial charge is 0.481 e. The summed E-state index contributed by atoms with van der Waals surface area (Å²) >= 11 is 0. The van der Waals surface area contributed by atoms with Crippen LogP contribution in [0.2, 0.25) is 0 Å². The molecular formula is C15H27NO3. The predicted octanol–water partition coefficient (Wildman–Crippen LogP) is 3.11. The maximum absolute atomic E-state index is 11.8. The second-order valence-corrected chi connectivity index (χ2v) is 5.71. The van der Waals surface area contributed by atoms with E-state index in [0.29, 0.717) is 25.2 Å². The molecule has 0 spiro atoms. The molecule has 1 saturated carbocycles. The van der Waals surface area contributed by atoms with Gasteiger partial charge in [0.2, 0.25) is 5.91 Å². The molecular weight excluding hydrogens is 242 g/mol. The topological polar surface area (TPSA) is 66.4 Å². The van der Waals surface area contributed by atoms with Crippen molar-refractivity contribution in [1.82, 2.24) is 5.32 Å². The van der Waals surface area contributed by atoms with Crippen molar-refractivity contribution in [3.63, 3.8) is 0 Å². The molecule has 1 aliphatic rings. The number of aliphatic carboxylic acids is 1. The second-order valence-electron chi connectivity index (χ2n) is 5.71. The lowest BCUT2D eigenvalue weighted by atomic mass is 9.93. The summed E-state index contributed by atoms with van der Waals surface area (Å²) in [5.74, 6) is -0.0974. The fourth-order valence-corrected chi connectivity index (χ4v) is 2.82. The van der Waals surface area contributed by atoms with Crippen LogP contribution in [0.4, 0.5) is 0 Å². The van der Waals surface area contributed by atoms with Crippen molar-refractivity contribution < 1.29 is 14.7 Å².